The molecule has 2 aromatic heterocycles. The van der Waals surface area contributed by atoms with Crippen LogP contribution in [-0.2, 0) is 18.7 Å². The van der Waals surface area contributed by atoms with Gasteiger partial charge in [-0.2, -0.15) is 5.10 Å². The Balaban J connectivity index is 0.00000341. The third-order valence-corrected chi connectivity index (χ3v) is 4.98. The van der Waals surface area contributed by atoms with E-state index in [9.17, 15) is 5.11 Å². The van der Waals surface area contributed by atoms with Crippen molar-refractivity contribution in [3.05, 3.63) is 77.0 Å². The van der Waals surface area contributed by atoms with E-state index in [0.717, 1.165) is 29.2 Å². The van der Waals surface area contributed by atoms with E-state index in [2.05, 4.69) is 27.9 Å². The molecule has 3 N–H and O–H groups in total. The number of nitrogens with zero attached hydrogens (tertiary/aromatic N) is 3. The summed E-state index contributed by atoms with van der Waals surface area (Å²) in [6.07, 6.45) is 3.73. The number of aryl methyl sites for hydroxylation is 2. The van der Waals surface area contributed by atoms with E-state index >= 15 is 0 Å². The smallest absolute Gasteiger partial charge is 0.191 e. The predicted octanol–water partition coefficient (Wildman–Crippen LogP) is 3.72. The van der Waals surface area contributed by atoms with Crippen LogP contribution in [0.25, 0.3) is 0 Å². The normalized spacial score (nSPS) is 13.4. The van der Waals surface area contributed by atoms with Crippen LogP contribution in [0.4, 0.5) is 0 Å². The van der Waals surface area contributed by atoms with E-state index in [1.54, 1.807) is 13.1 Å². The molecule has 0 saturated heterocycles. The van der Waals surface area contributed by atoms with Crippen LogP contribution in [-0.4, -0.2) is 33.9 Å². The van der Waals surface area contributed by atoms with Crippen LogP contribution in [0.3, 0.4) is 0 Å². The molecule has 31 heavy (non-hydrogen) atoms. The number of guanidine groups is 1. The molecule has 2 heterocycles. The first-order chi connectivity index (χ1) is 14.4. The van der Waals surface area contributed by atoms with Gasteiger partial charge in [-0.05, 0) is 51.0 Å². The Morgan fingerprint density at radius 1 is 1.19 bits per heavy atom. The Kier molecular flexibility index (Phi) is 9.12. The van der Waals surface area contributed by atoms with Gasteiger partial charge in [-0.15, -0.1) is 24.0 Å². The van der Waals surface area contributed by atoms with E-state index < -0.39 is 5.60 Å². The first-order valence-corrected chi connectivity index (χ1v) is 10.3. The average molecular weight is 537 g/mol. The Labute approximate surface area is 201 Å². The Hall–Kier alpha value is -2.33. The molecule has 0 fully saturated rings. The van der Waals surface area contributed by atoms with Gasteiger partial charge < -0.3 is 20.2 Å². The SMILES string of the molecule is CCNC(=NCc1ccccc1Cn1cccn1)NCC(C)(O)c1cc(C)oc1C.I. The molecule has 1 atom stereocenters. The first kappa shape index (κ1) is 24.9. The second-order valence-corrected chi connectivity index (χ2v) is 7.62. The van der Waals surface area contributed by atoms with Crippen molar-refractivity contribution in [2.75, 3.05) is 13.1 Å². The molecular formula is C23H32IN5O2. The van der Waals surface area contributed by atoms with Crippen molar-refractivity contribution in [2.24, 2.45) is 4.99 Å². The van der Waals surface area contributed by atoms with Gasteiger partial charge in [0.05, 0.1) is 19.6 Å². The van der Waals surface area contributed by atoms with Crippen molar-refractivity contribution in [1.82, 2.24) is 20.4 Å². The fourth-order valence-electron chi connectivity index (χ4n) is 3.46. The summed E-state index contributed by atoms with van der Waals surface area (Å²) in [5.41, 5.74) is 2.03. The number of benzene rings is 1. The van der Waals surface area contributed by atoms with Crippen molar-refractivity contribution in [1.29, 1.82) is 0 Å². The number of aliphatic imine (C=N–C) groups is 1. The summed E-state index contributed by atoms with van der Waals surface area (Å²) in [7, 11) is 0. The van der Waals surface area contributed by atoms with Gasteiger partial charge in [-0.1, -0.05) is 24.3 Å². The Bertz CT molecular complexity index is 980. The van der Waals surface area contributed by atoms with Gasteiger partial charge in [0.2, 0.25) is 0 Å². The summed E-state index contributed by atoms with van der Waals surface area (Å²) >= 11 is 0. The second-order valence-electron chi connectivity index (χ2n) is 7.62. The molecule has 0 amide bonds. The van der Waals surface area contributed by atoms with Gasteiger partial charge in [-0.25, -0.2) is 4.99 Å². The molecule has 8 heteroatoms. The topological polar surface area (TPSA) is 87.6 Å². The van der Waals surface area contributed by atoms with E-state index in [1.165, 1.54) is 5.56 Å². The van der Waals surface area contributed by atoms with E-state index in [0.29, 0.717) is 25.6 Å². The van der Waals surface area contributed by atoms with Gasteiger partial charge in [0.1, 0.15) is 17.1 Å². The van der Waals surface area contributed by atoms with Crippen molar-refractivity contribution in [3.63, 3.8) is 0 Å². The number of furan rings is 1. The number of aromatic nitrogens is 2. The van der Waals surface area contributed by atoms with Gasteiger partial charge in [0.25, 0.3) is 0 Å². The first-order valence-electron chi connectivity index (χ1n) is 10.3. The average Bonchev–Trinajstić information content (AvgIpc) is 3.34. The van der Waals surface area contributed by atoms with Crippen LogP contribution >= 0.6 is 24.0 Å². The quantitative estimate of drug-likeness (QED) is 0.232. The molecule has 1 unspecified atom stereocenters. The maximum absolute atomic E-state index is 11.0. The number of hydrogen-bond donors (Lipinski definition) is 3. The van der Waals surface area contributed by atoms with Crippen LogP contribution < -0.4 is 10.6 Å². The fraction of sp³-hybridized carbons (Fsp3) is 0.391. The highest BCUT2D eigenvalue weighted by molar-refractivity contribution is 14.0. The highest BCUT2D eigenvalue weighted by atomic mass is 127. The molecule has 3 rings (SSSR count). The standard InChI is InChI=1S/C23H31N5O2.HI/c1-5-24-22(26-16-23(4,29)21-13-17(2)30-18(21)3)25-14-19-9-6-7-10-20(19)15-28-12-8-11-27-28;/h6-13,29H,5,14-16H2,1-4H3,(H2,24,25,26);1H. The monoisotopic (exact) mass is 537 g/mol. The number of aliphatic hydroxyl groups is 1. The van der Waals surface area contributed by atoms with E-state index in [-0.39, 0.29) is 24.0 Å². The maximum atomic E-state index is 11.0. The van der Waals surface area contributed by atoms with Crippen LogP contribution in [0.1, 0.15) is 42.1 Å². The van der Waals surface area contributed by atoms with Crippen LogP contribution in [0, 0.1) is 13.8 Å². The number of hydrogen-bond acceptors (Lipinski definition) is 4. The number of halogens is 1. The highest BCUT2D eigenvalue weighted by Crippen LogP contribution is 2.26. The van der Waals surface area contributed by atoms with Gasteiger partial charge in [0.15, 0.2) is 5.96 Å². The molecule has 0 aliphatic carbocycles. The fourth-order valence-corrected chi connectivity index (χ4v) is 3.46. The van der Waals surface area contributed by atoms with Gasteiger partial charge in [-0.3, -0.25) is 4.68 Å². The third kappa shape index (κ3) is 6.83. The molecule has 3 aromatic rings. The van der Waals surface area contributed by atoms with Crippen LogP contribution in [0.2, 0.25) is 0 Å². The van der Waals surface area contributed by atoms with Crippen molar-refractivity contribution in [2.45, 2.75) is 46.4 Å². The lowest BCUT2D eigenvalue weighted by molar-refractivity contribution is 0.0601. The molecule has 0 aliphatic heterocycles. The second kappa shape index (κ2) is 11.3. The molecular weight excluding hydrogens is 505 g/mol. The third-order valence-electron chi connectivity index (χ3n) is 4.98. The Morgan fingerprint density at radius 3 is 2.55 bits per heavy atom. The molecule has 0 bridgehead atoms. The lowest BCUT2D eigenvalue weighted by Gasteiger charge is -2.24. The van der Waals surface area contributed by atoms with Crippen LogP contribution in [0.5, 0.6) is 0 Å². The van der Waals surface area contributed by atoms with Crippen molar-refractivity contribution < 1.29 is 9.52 Å². The molecule has 0 spiro atoms. The molecule has 0 aliphatic rings. The summed E-state index contributed by atoms with van der Waals surface area (Å²) in [5, 5.41) is 21.8. The van der Waals surface area contributed by atoms with Gasteiger partial charge >= 0.3 is 0 Å². The highest BCUT2D eigenvalue weighted by Gasteiger charge is 2.27. The van der Waals surface area contributed by atoms with Crippen molar-refractivity contribution >= 4 is 29.9 Å². The number of rotatable bonds is 8. The minimum absolute atomic E-state index is 0. The lowest BCUT2D eigenvalue weighted by Crippen LogP contribution is -2.44. The molecule has 0 saturated carbocycles. The minimum atomic E-state index is -1.07. The maximum Gasteiger partial charge on any atom is 0.191 e. The molecule has 168 valence electrons. The van der Waals surface area contributed by atoms with Gasteiger partial charge in [0, 0.05) is 24.5 Å². The van der Waals surface area contributed by atoms with E-state index in [1.807, 2.05) is 55.9 Å². The largest absolute Gasteiger partial charge is 0.466 e. The molecule has 7 nitrogen and oxygen atoms in total. The zero-order chi connectivity index (χ0) is 21.6. The Morgan fingerprint density at radius 2 is 1.94 bits per heavy atom. The number of nitrogens with one attached hydrogen (secondary N) is 2. The van der Waals surface area contributed by atoms with Crippen LogP contribution in [0.15, 0.2) is 58.2 Å². The summed E-state index contributed by atoms with van der Waals surface area (Å²) < 4.78 is 7.48. The summed E-state index contributed by atoms with van der Waals surface area (Å²) in [5.74, 6) is 2.18. The van der Waals surface area contributed by atoms with Crippen molar-refractivity contribution in [3.8, 4) is 0 Å². The zero-order valence-electron chi connectivity index (χ0n) is 18.6. The lowest BCUT2D eigenvalue weighted by atomic mass is 9.96. The van der Waals surface area contributed by atoms with E-state index in [4.69, 9.17) is 9.41 Å². The predicted molar refractivity (Wildman–Crippen MR) is 134 cm³/mol. The summed E-state index contributed by atoms with van der Waals surface area (Å²) in [6, 6.07) is 12.0. The summed E-state index contributed by atoms with van der Waals surface area (Å²) in [4.78, 5) is 4.73. The minimum Gasteiger partial charge on any atom is -0.466 e. The zero-order valence-corrected chi connectivity index (χ0v) is 20.9. The molecule has 1 aromatic carbocycles. The summed E-state index contributed by atoms with van der Waals surface area (Å²) in [6.45, 7) is 9.82. The molecule has 0 radical (unpaired) electrons.